The van der Waals surface area contributed by atoms with Gasteiger partial charge in [-0.15, -0.1) is 11.3 Å². The van der Waals surface area contributed by atoms with Crippen LogP contribution >= 0.6 is 11.3 Å². The van der Waals surface area contributed by atoms with Crippen molar-refractivity contribution in [1.29, 1.82) is 0 Å². The first-order valence-electron chi connectivity index (χ1n) is 9.46. The average Bonchev–Trinajstić information content (AvgIpc) is 3.14. The predicted octanol–water partition coefficient (Wildman–Crippen LogP) is 3.44. The minimum atomic E-state index is -0.308. The molecular weight excluding hydrogens is 360 g/mol. The maximum absolute atomic E-state index is 11.2. The van der Waals surface area contributed by atoms with Gasteiger partial charge in [-0.1, -0.05) is 12.1 Å². The average molecular weight is 389 g/mol. The molecule has 1 aliphatic rings. The molecule has 1 aliphatic heterocycles. The van der Waals surface area contributed by atoms with E-state index in [1.54, 1.807) is 23.5 Å². The van der Waals surface area contributed by atoms with Gasteiger partial charge in [0, 0.05) is 41.5 Å². The van der Waals surface area contributed by atoms with Crippen molar-refractivity contribution in [1.82, 2.24) is 15.1 Å². The maximum Gasteiger partial charge on any atom is 0.278 e. The number of benzene rings is 1. The number of likely N-dealkylation sites (tertiary alicyclic amines) is 1. The van der Waals surface area contributed by atoms with Gasteiger partial charge in [0.2, 0.25) is 0 Å². The van der Waals surface area contributed by atoms with Crippen molar-refractivity contribution in [3.05, 3.63) is 51.4 Å². The van der Waals surface area contributed by atoms with Crippen molar-refractivity contribution in [3.63, 3.8) is 0 Å². The number of hydrogen-bond donors (Lipinski definition) is 1. The summed E-state index contributed by atoms with van der Waals surface area (Å²) in [5.41, 5.74) is 0.872. The van der Waals surface area contributed by atoms with Crippen LogP contribution in [0.5, 0.6) is 0 Å². The summed E-state index contributed by atoms with van der Waals surface area (Å²) in [6, 6.07) is 11.6. The molecule has 1 N–H and O–H groups in total. The number of nitro groups is 1. The Balaban J connectivity index is 1.50. The van der Waals surface area contributed by atoms with E-state index >= 15 is 0 Å². The molecule has 146 valence electrons. The summed E-state index contributed by atoms with van der Waals surface area (Å²) >= 11 is 1.64. The lowest BCUT2D eigenvalue weighted by Crippen LogP contribution is -2.44. The van der Waals surface area contributed by atoms with E-state index in [0.717, 1.165) is 37.6 Å². The Bertz CT molecular complexity index is 754. The van der Waals surface area contributed by atoms with Gasteiger partial charge in [-0.2, -0.15) is 0 Å². The summed E-state index contributed by atoms with van der Waals surface area (Å²) in [7, 11) is 4.24. The van der Waals surface area contributed by atoms with Gasteiger partial charge in [-0.05, 0) is 58.2 Å². The van der Waals surface area contributed by atoms with Crippen molar-refractivity contribution in [2.24, 2.45) is 0 Å². The number of rotatable bonds is 8. The lowest BCUT2D eigenvalue weighted by Gasteiger charge is -2.33. The molecular formula is C20H28N4O2S. The number of nitro benzene ring substituents is 1. The van der Waals surface area contributed by atoms with E-state index in [0.29, 0.717) is 11.6 Å². The van der Waals surface area contributed by atoms with Crippen molar-refractivity contribution in [2.45, 2.75) is 25.4 Å². The Kier molecular flexibility index (Phi) is 6.95. The molecule has 0 amide bonds. The summed E-state index contributed by atoms with van der Waals surface area (Å²) in [5, 5.41) is 14.9. The quantitative estimate of drug-likeness (QED) is 0.554. The number of hydrogen-bond acceptors (Lipinski definition) is 6. The summed E-state index contributed by atoms with van der Waals surface area (Å²) in [6.45, 7) is 5.38. The van der Waals surface area contributed by atoms with Crippen LogP contribution in [0.4, 0.5) is 5.69 Å². The van der Waals surface area contributed by atoms with Gasteiger partial charge >= 0.3 is 0 Å². The Morgan fingerprint density at radius 1 is 1.22 bits per heavy atom. The molecule has 2 aromatic rings. The number of nitrogens with zero attached hydrogens (tertiary/aromatic N) is 3. The van der Waals surface area contributed by atoms with Crippen LogP contribution in [0.2, 0.25) is 0 Å². The molecule has 6 nitrogen and oxygen atoms in total. The van der Waals surface area contributed by atoms with E-state index in [1.807, 2.05) is 18.2 Å². The standard InChI is InChI=1S/C20H28N4O2S/c1-22(2)13-14-23-11-9-16(10-12-23)21-15-17-7-8-20(27-17)18-5-3-4-6-19(18)24(25)26/h3-8,16,21H,9-15H2,1-2H3. The van der Waals surface area contributed by atoms with Crippen LogP contribution < -0.4 is 5.32 Å². The van der Waals surface area contributed by atoms with Gasteiger partial charge in [0.1, 0.15) is 0 Å². The number of likely N-dealkylation sites (N-methyl/N-ethyl adjacent to an activating group) is 1. The zero-order valence-electron chi connectivity index (χ0n) is 16.1. The SMILES string of the molecule is CN(C)CCN1CCC(NCc2ccc(-c3ccccc3[N+](=O)[O-])s2)CC1. The van der Waals surface area contributed by atoms with Gasteiger partial charge in [0.25, 0.3) is 5.69 Å². The zero-order valence-corrected chi connectivity index (χ0v) is 16.9. The van der Waals surface area contributed by atoms with Gasteiger partial charge in [-0.3, -0.25) is 10.1 Å². The normalized spacial score (nSPS) is 16.1. The van der Waals surface area contributed by atoms with Crippen LogP contribution in [-0.2, 0) is 6.54 Å². The molecule has 0 unspecified atom stereocenters. The fourth-order valence-electron chi connectivity index (χ4n) is 3.41. The van der Waals surface area contributed by atoms with Gasteiger partial charge in [0.15, 0.2) is 0 Å². The molecule has 0 radical (unpaired) electrons. The highest BCUT2D eigenvalue weighted by Crippen LogP contribution is 2.34. The second kappa shape index (κ2) is 9.41. The highest BCUT2D eigenvalue weighted by Gasteiger charge is 2.19. The molecule has 0 atom stereocenters. The third-order valence-electron chi connectivity index (χ3n) is 5.04. The number of piperidine rings is 1. The van der Waals surface area contributed by atoms with E-state index in [9.17, 15) is 10.1 Å². The number of nitrogens with one attached hydrogen (secondary N) is 1. The molecule has 0 bridgehead atoms. The van der Waals surface area contributed by atoms with Crippen LogP contribution in [0, 0.1) is 10.1 Å². The largest absolute Gasteiger partial charge is 0.309 e. The Hall–Kier alpha value is -1.80. The fourth-order valence-corrected chi connectivity index (χ4v) is 4.40. The van der Waals surface area contributed by atoms with Crippen LogP contribution in [0.3, 0.4) is 0 Å². The van der Waals surface area contributed by atoms with Gasteiger partial charge < -0.3 is 15.1 Å². The van der Waals surface area contributed by atoms with Crippen LogP contribution in [0.25, 0.3) is 10.4 Å². The van der Waals surface area contributed by atoms with Crippen LogP contribution in [-0.4, -0.2) is 61.0 Å². The third-order valence-corrected chi connectivity index (χ3v) is 6.16. The number of para-hydroxylation sites is 1. The van der Waals surface area contributed by atoms with E-state index in [1.165, 1.54) is 17.7 Å². The van der Waals surface area contributed by atoms with Crippen molar-refractivity contribution in [2.75, 3.05) is 40.3 Å². The molecule has 1 fully saturated rings. The van der Waals surface area contributed by atoms with Crippen molar-refractivity contribution >= 4 is 17.0 Å². The molecule has 2 heterocycles. The third kappa shape index (κ3) is 5.59. The fraction of sp³-hybridized carbons (Fsp3) is 0.500. The van der Waals surface area contributed by atoms with Crippen molar-refractivity contribution in [3.8, 4) is 10.4 Å². The Morgan fingerprint density at radius 3 is 2.67 bits per heavy atom. The monoisotopic (exact) mass is 388 g/mol. The Morgan fingerprint density at radius 2 is 1.96 bits per heavy atom. The first kappa shape index (κ1) is 19.9. The molecule has 1 aromatic carbocycles. The van der Waals surface area contributed by atoms with Gasteiger partial charge in [-0.25, -0.2) is 0 Å². The first-order valence-corrected chi connectivity index (χ1v) is 10.3. The Labute approximate surface area is 164 Å². The van der Waals surface area contributed by atoms with E-state index in [4.69, 9.17) is 0 Å². The first-order chi connectivity index (χ1) is 13.0. The number of thiophene rings is 1. The lowest BCUT2D eigenvalue weighted by atomic mass is 10.1. The summed E-state index contributed by atoms with van der Waals surface area (Å²) in [6.07, 6.45) is 2.35. The van der Waals surface area contributed by atoms with E-state index < -0.39 is 0 Å². The molecule has 3 rings (SSSR count). The van der Waals surface area contributed by atoms with E-state index in [2.05, 4.69) is 35.3 Å². The van der Waals surface area contributed by atoms with E-state index in [-0.39, 0.29) is 10.6 Å². The summed E-state index contributed by atoms with van der Waals surface area (Å²) in [5.74, 6) is 0. The highest BCUT2D eigenvalue weighted by atomic mass is 32.1. The molecule has 0 aliphatic carbocycles. The molecule has 1 saturated heterocycles. The lowest BCUT2D eigenvalue weighted by molar-refractivity contribution is -0.384. The predicted molar refractivity (Wildman–Crippen MR) is 111 cm³/mol. The molecule has 7 heteroatoms. The smallest absolute Gasteiger partial charge is 0.278 e. The highest BCUT2D eigenvalue weighted by molar-refractivity contribution is 7.15. The second-order valence-corrected chi connectivity index (χ2v) is 8.51. The minimum absolute atomic E-state index is 0.170. The summed E-state index contributed by atoms with van der Waals surface area (Å²) in [4.78, 5) is 17.9. The molecule has 0 saturated carbocycles. The zero-order chi connectivity index (χ0) is 19.2. The van der Waals surface area contributed by atoms with Crippen molar-refractivity contribution < 1.29 is 4.92 Å². The maximum atomic E-state index is 11.2. The molecule has 1 aromatic heterocycles. The van der Waals surface area contributed by atoms with Crippen LogP contribution in [0.1, 0.15) is 17.7 Å². The summed E-state index contributed by atoms with van der Waals surface area (Å²) < 4.78 is 0. The molecule has 0 spiro atoms. The second-order valence-electron chi connectivity index (χ2n) is 7.34. The minimum Gasteiger partial charge on any atom is -0.309 e. The molecule has 27 heavy (non-hydrogen) atoms. The topological polar surface area (TPSA) is 61.6 Å². The van der Waals surface area contributed by atoms with Crippen LogP contribution in [0.15, 0.2) is 36.4 Å². The van der Waals surface area contributed by atoms with Gasteiger partial charge in [0.05, 0.1) is 10.5 Å².